The van der Waals surface area contributed by atoms with E-state index in [1.165, 1.54) is 11.3 Å². The van der Waals surface area contributed by atoms with Crippen molar-refractivity contribution in [2.24, 2.45) is 12.8 Å². The van der Waals surface area contributed by atoms with E-state index in [-0.39, 0.29) is 6.04 Å². The van der Waals surface area contributed by atoms with Gasteiger partial charge in [0, 0.05) is 38.1 Å². The lowest BCUT2D eigenvalue weighted by atomic mass is 10.1. The van der Waals surface area contributed by atoms with Crippen LogP contribution in [0.5, 0.6) is 0 Å². The van der Waals surface area contributed by atoms with Gasteiger partial charge < -0.3 is 10.6 Å². The summed E-state index contributed by atoms with van der Waals surface area (Å²) in [6.07, 6.45) is 3.89. The van der Waals surface area contributed by atoms with Gasteiger partial charge in [0.2, 0.25) is 0 Å². The van der Waals surface area contributed by atoms with E-state index in [4.69, 9.17) is 5.73 Å². The second-order valence-electron chi connectivity index (χ2n) is 4.65. The third-order valence-corrected chi connectivity index (χ3v) is 3.24. The molecule has 1 atom stereocenters. The highest BCUT2D eigenvalue weighted by atomic mass is 15.2. The van der Waals surface area contributed by atoms with Crippen LogP contribution < -0.4 is 10.6 Å². The maximum absolute atomic E-state index is 5.90. The Labute approximate surface area is 108 Å². The van der Waals surface area contributed by atoms with Crippen molar-refractivity contribution in [2.45, 2.75) is 13.0 Å². The molecule has 1 unspecified atom stereocenters. The average Bonchev–Trinajstić information content (AvgIpc) is 2.77. The van der Waals surface area contributed by atoms with Crippen molar-refractivity contribution in [1.82, 2.24) is 9.78 Å². The number of rotatable bonds is 4. The van der Waals surface area contributed by atoms with Crippen LogP contribution in [0.25, 0.3) is 0 Å². The number of nitrogens with two attached hydrogens (primary N) is 1. The Morgan fingerprint density at radius 1 is 1.33 bits per heavy atom. The van der Waals surface area contributed by atoms with Gasteiger partial charge in [0.05, 0.1) is 12.2 Å². The standard InChI is InChI=1S/C14H20N4/c1-11-4-6-13(7-5-11)18(3)14(8-15)12-9-16-17(2)10-12/h4-7,9-10,14H,8,15H2,1-3H3. The minimum atomic E-state index is 0.154. The van der Waals surface area contributed by atoms with Gasteiger partial charge in [0.15, 0.2) is 0 Å². The number of hydrogen-bond acceptors (Lipinski definition) is 3. The van der Waals surface area contributed by atoms with E-state index in [9.17, 15) is 0 Å². The molecular weight excluding hydrogens is 224 g/mol. The predicted molar refractivity (Wildman–Crippen MR) is 74.6 cm³/mol. The van der Waals surface area contributed by atoms with E-state index in [1.54, 1.807) is 4.68 Å². The van der Waals surface area contributed by atoms with Gasteiger partial charge >= 0.3 is 0 Å². The largest absolute Gasteiger partial charge is 0.366 e. The number of hydrogen-bond donors (Lipinski definition) is 1. The van der Waals surface area contributed by atoms with E-state index >= 15 is 0 Å². The number of aromatic nitrogens is 2. The minimum Gasteiger partial charge on any atom is -0.366 e. The lowest BCUT2D eigenvalue weighted by molar-refractivity contribution is 0.678. The maximum atomic E-state index is 5.90. The van der Waals surface area contributed by atoms with Crippen LogP contribution in [0.1, 0.15) is 17.2 Å². The summed E-state index contributed by atoms with van der Waals surface area (Å²) in [5.41, 5.74) is 9.47. The van der Waals surface area contributed by atoms with Gasteiger partial charge in [-0.1, -0.05) is 17.7 Å². The summed E-state index contributed by atoms with van der Waals surface area (Å²) in [5, 5.41) is 4.21. The van der Waals surface area contributed by atoms with Crippen molar-refractivity contribution in [3.8, 4) is 0 Å². The fourth-order valence-corrected chi connectivity index (χ4v) is 2.09. The second kappa shape index (κ2) is 5.23. The zero-order valence-corrected chi connectivity index (χ0v) is 11.2. The first kappa shape index (κ1) is 12.6. The van der Waals surface area contributed by atoms with Crippen LogP contribution in [0.15, 0.2) is 36.7 Å². The number of anilines is 1. The lowest BCUT2D eigenvalue weighted by Gasteiger charge is -2.28. The van der Waals surface area contributed by atoms with Crippen LogP contribution in [0, 0.1) is 6.92 Å². The SMILES string of the molecule is Cc1ccc(N(C)C(CN)c2cnn(C)c2)cc1. The first-order valence-corrected chi connectivity index (χ1v) is 6.10. The Bertz CT molecular complexity index is 501. The first-order valence-electron chi connectivity index (χ1n) is 6.10. The van der Waals surface area contributed by atoms with E-state index in [0.717, 1.165) is 5.56 Å². The Kier molecular flexibility index (Phi) is 3.67. The zero-order chi connectivity index (χ0) is 13.1. The summed E-state index contributed by atoms with van der Waals surface area (Å²) in [6, 6.07) is 8.62. The molecule has 0 amide bonds. The maximum Gasteiger partial charge on any atom is 0.0692 e. The molecule has 2 rings (SSSR count). The van der Waals surface area contributed by atoms with Crippen LogP contribution in [0.3, 0.4) is 0 Å². The van der Waals surface area contributed by atoms with E-state index < -0.39 is 0 Å². The Morgan fingerprint density at radius 3 is 2.50 bits per heavy atom. The molecule has 0 aliphatic heterocycles. The van der Waals surface area contributed by atoms with Gasteiger partial charge in [-0.3, -0.25) is 4.68 Å². The van der Waals surface area contributed by atoms with E-state index in [2.05, 4.69) is 48.2 Å². The van der Waals surface area contributed by atoms with Gasteiger partial charge in [-0.2, -0.15) is 5.10 Å². The summed E-state index contributed by atoms with van der Waals surface area (Å²) in [6.45, 7) is 2.65. The normalized spacial score (nSPS) is 12.4. The van der Waals surface area contributed by atoms with Crippen molar-refractivity contribution < 1.29 is 0 Å². The summed E-state index contributed by atoms with van der Waals surface area (Å²) in [5.74, 6) is 0. The molecule has 1 aromatic carbocycles. The molecule has 0 bridgehead atoms. The second-order valence-corrected chi connectivity index (χ2v) is 4.65. The molecule has 4 heteroatoms. The molecule has 0 aliphatic rings. The highest BCUT2D eigenvalue weighted by Crippen LogP contribution is 2.24. The molecule has 0 spiro atoms. The molecule has 2 N–H and O–H groups in total. The number of likely N-dealkylation sites (N-methyl/N-ethyl adjacent to an activating group) is 1. The zero-order valence-electron chi connectivity index (χ0n) is 11.2. The van der Waals surface area contributed by atoms with Gasteiger partial charge in [-0.25, -0.2) is 0 Å². The van der Waals surface area contributed by atoms with Crippen LogP contribution in [-0.2, 0) is 7.05 Å². The van der Waals surface area contributed by atoms with Gasteiger partial charge in [-0.05, 0) is 19.1 Å². The Hall–Kier alpha value is -1.81. The summed E-state index contributed by atoms with van der Waals surface area (Å²) in [7, 11) is 3.98. The van der Waals surface area contributed by atoms with Crippen molar-refractivity contribution in [2.75, 3.05) is 18.5 Å². The molecular formula is C14H20N4. The third-order valence-electron chi connectivity index (χ3n) is 3.24. The first-order chi connectivity index (χ1) is 8.61. The molecule has 18 heavy (non-hydrogen) atoms. The monoisotopic (exact) mass is 244 g/mol. The van der Waals surface area contributed by atoms with E-state index in [0.29, 0.717) is 6.54 Å². The molecule has 0 radical (unpaired) electrons. The highest BCUT2D eigenvalue weighted by molar-refractivity contribution is 5.49. The van der Waals surface area contributed by atoms with Crippen LogP contribution in [0.4, 0.5) is 5.69 Å². The fraction of sp³-hybridized carbons (Fsp3) is 0.357. The average molecular weight is 244 g/mol. The molecule has 1 heterocycles. The van der Waals surface area contributed by atoms with E-state index in [1.807, 2.05) is 19.4 Å². The summed E-state index contributed by atoms with van der Waals surface area (Å²) >= 11 is 0. The predicted octanol–water partition coefficient (Wildman–Crippen LogP) is 1.86. The Balaban J connectivity index is 2.25. The lowest BCUT2D eigenvalue weighted by Crippen LogP contribution is -2.30. The highest BCUT2D eigenvalue weighted by Gasteiger charge is 2.17. The number of benzene rings is 1. The fourth-order valence-electron chi connectivity index (χ4n) is 2.09. The van der Waals surface area contributed by atoms with Gasteiger partial charge in [0.1, 0.15) is 0 Å². The summed E-state index contributed by atoms with van der Waals surface area (Å²) < 4.78 is 1.81. The van der Waals surface area contributed by atoms with Crippen LogP contribution >= 0.6 is 0 Å². The topological polar surface area (TPSA) is 47.1 Å². The number of aryl methyl sites for hydroxylation is 2. The van der Waals surface area contributed by atoms with Crippen LogP contribution in [-0.4, -0.2) is 23.4 Å². The Morgan fingerprint density at radius 2 is 2.00 bits per heavy atom. The van der Waals surface area contributed by atoms with Crippen molar-refractivity contribution in [1.29, 1.82) is 0 Å². The minimum absolute atomic E-state index is 0.154. The smallest absolute Gasteiger partial charge is 0.0692 e. The van der Waals surface area contributed by atoms with Gasteiger partial charge in [0.25, 0.3) is 0 Å². The number of nitrogens with zero attached hydrogens (tertiary/aromatic N) is 3. The van der Waals surface area contributed by atoms with Crippen molar-refractivity contribution >= 4 is 5.69 Å². The molecule has 0 saturated heterocycles. The summed E-state index contributed by atoms with van der Waals surface area (Å²) in [4.78, 5) is 2.19. The quantitative estimate of drug-likeness (QED) is 0.893. The van der Waals surface area contributed by atoms with Crippen LogP contribution in [0.2, 0.25) is 0 Å². The van der Waals surface area contributed by atoms with Gasteiger partial charge in [-0.15, -0.1) is 0 Å². The molecule has 0 aliphatic carbocycles. The van der Waals surface area contributed by atoms with Crippen molar-refractivity contribution in [3.05, 3.63) is 47.8 Å². The molecule has 0 saturated carbocycles. The third kappa shape index (κ3) is 2.54. The molecule has 2 aromatic rings. The molecule has 1 aromatic heterocycles. The molecule has 96 valence electrons. The molecule has 4 nitrogen and oxygen atoms in total. The molecule has 0 fully saturated rings. The van der Waals surface area contributed by atoms with Crippen molar-refractivity contribution in [3.63, 3.8) is 0 Å².